The summed E-state index contributed by atoms with van der Waals surface area (Å²) in [4.78, 5) is 69.2. The van der Waals surface area contributed by atoms with E-state index in [0.29, 0.717) is 22.6 Å². The number of ether oxygens (including phenoxy) is 6. The van der Waals surface area contributed by atoms with Crippen LogP contribution in [0.2, 0.25) is 0 Å². The van der Waals surface area contributed by atoms with Crippen molar-refractivity contribution in [1.29, 1.82) is 0 Å². The van der Waals surface area contributed by atoms with Gasteiger partial charge in [-0.2, -0.15) is 0 Å². The van der Waals surface area contributed by atoms with Crippen molar-refractivity contribution in [3.05, 3.63) is 59.7 Å². The lowest BCUT2D eigenvalue weighted by molar-refractivity contribution is -0.170. The second-order valence-corrected chi connectivity index (χ2v) is 12.5. The highest BCUT2D eigenvalue weighted by Crippen LogP contribution is 2.29. The van der Waals surface area contributed by atoms with Crippen molar-refractivity contribution in [3.8, 4) is 11.5 Å². The molecule has 0 radical (unpaired) electrons. The molecule has 0 heterocycles. The van der Waals surface area contributed by atoms with Gasteiger partial charge in [0.1, 0.15) is 28.7 Å². The maximum atomic E-state index is 14.8. The quantitative estimate of drug-likeness (QED) is 0.190. The second kappa shape index (κ2) is 16.7. The van der Waals surface area contributed by atoms with E-state index in [1.54, 1.807) is 90.1 Å². The second-order valence-electron chi connectivity index (χ2n) is 12.5. The molecular weight excluding hydrogens is 612 g/mol. The van der Waals surface area contributed by atoms with Gasteiger partial charge in [-0.3, -0.25) is 9.59 Å². The van der Waals surface area contributed by atoms with Gasteiger partial charge >= 0.3 is 24.0 Å². The van der Waals surface area contributed by atoms with Gasteiger partial charge in [-0.25, -0.2) is 14.4 Å². The molecule has 0 aliphatic carbocycles. The first-order chi connectivity index (χ1) is 21.9. The number of hydrogen-bond acceptors (Lipinski definition) is 11. The minimum Gasteiger partial charge on any atom is -0.497 e. The van der Waals surface area contributed by atoms with Crippen LogP contribution in [0.15, 0.2) is 48.5 Å². The van der Waals surface area contributed by atoms with E-state index in [9.17, 15) is 24.0 Å². The van der Waals surface area contributed by atoms with E-state index < -0.39 is 59.1 Å². The smallest absolute Gasteiger partial charge is 0.408 e. The topological polar surface area (TPSA) is 156 Å². The van der Waals surface area contributed by atoms with E-state index in [1.165, 1.54) is 14.2 Å². The average Bonchev–Trinajstić information content (AvgIpc) is 3.00. The normalized spacial score (nSPS) is 13.2. The predicted molar refractivity (Wildman–Crippen MR) is 171 cm³/mol. The molecule has 47 heavy (non-hydrogen) atoms. The van der Waals surface area contributed by atoms with Crippen LogP contribution in [0.5, 0.6) is 11.5 Å². The first-order valence-electron chi connectivity index (χ1n) is 14.9. The Hall–Kier alpha value is -4.81. The largest absolute Gasteiger partial charge is 0.497 e. The summed E-state index contributed by atoms with van der Waals surface area (Å²) in [5.41, 5.74) is -0.827. The van der Waals surface area contributed by atoms with Gasteiger partial charge in [0, 0.05) is 18.1 Å². The van der Waals surface area contributed by atoms with E-state index in [0.717, 1.165) is 19.1 Å². The molecule has 13 heteroatoms. The average molecular weight is 659 g/mol. The van der Waals surface area contributed by atoms with Crippen molar-refractivity contribution in [2.45, 2.75) is 77.8 Å². The Labute approximate surface area is 275 Å². The zero-order valence-corrected chi connectivity index (χ0v) is 28.7. The van der Waals surface area contributed by atoms with Crippen LogP contribution in [0.25, 0.3) is 0 Å². The summed E-state index contributed by atoms with van der Waals surface area (Å²) in [6, 6.07) is 10.5. The number of carbonyl (C=O) groups excluding carboxylic acids is 5. The fourth-order valence-corrected chi connectivity index (χ4v) is 4.56. The molecule has 2 aromatic rings. The lowest BCUT2D eigenvalue weighted by Crippen LogP contribution is -2.58. The lowest BCUT2D eigenvalue weighted by Gasteiger charge is -2.36. The van der Waals surface area contributed by atoms with Crippen LogP contribution in [0.1, 0.15) is 52.7 Å². The minimum atomic E-state index is -2.01. The zero-order chi connectivity index (χ0) is 35.5. The van der Waals surface area contributed by atoms with Crippen molar-refractivity contribution in [1.82, 2.24) is 10.2 Å². The molecule has 0 aromatic heterocycles. The third-order valence-corrected chi connectivity index (χ3v) is 6.63. The molecule has 1 N–H and O–H groups in total. The number of nitrogens with one attached hydrogen (secondary N) is 1. The summed E-state index contributed by atoms with van der Waals surface area (Å²) >= 11 is 0. The number of benzene rings is 2. The Morgan fingerprint density at radius 2 is 1.34 bits per heavy atom. The Bertz CT molecular complexity index is 1400. The van der Waals surface area contributed by atoms with Gasteiger partial charge in [-0.05, 0) is 59.2 Å². The van der Waals surface area contributed by atoms with E-state index in [4.69, 9.17) is 28.4 Å². The summed E-state index contributed by atoms with van der Waals surface area (Å²) in [5, 5.41) is 2.29. The van der Waals surface area contributed by atoms with Crippen LogP contribution < -0.4 is 14.8 Å². The number of alkyl carbamates (subject to hydrolysis) is 1. The van der Waals surface area contributed by atoms with Gasteiger partial charge in [0.25, 0.3) is 0 Å². The number of rotatable bonds is 13. The molecule has 258 valence electrons. The molecule has 0 aliphatic rings. The highest BCUT2D eigenvalue weighted by Gasteiger charge is 2.47. The van der Waals surface area contributed by atoms with Crippen molar-refractivity contribution in [3.63, 3.8) is 0 Å². The standard InChI is InChI=1S/C34H46N2O11/c1-33(2,3)46-29(38)24(18-21-14-12-11-13-15-21)36(20-22-16-17-23(42-7)19-25(22)43-8)28(37)26(30(39)44-9)27(31(40)45-10)35-32(41)47-34(4,5)6/h11-17,19,24,26-27H,18,20H2,1-10H3,(H,35,41). The van der Waals surface area contributed by atoms with Crippen LogP contribution in [-0.4, -0.2) is 86.5 Å². The molecule has 0 fully saturated rings. The molecule has 0 saturated carbocycles. The third kappa shape index (κ3) is 11.5. The lowest BCUT2D eigenvalue weighted by atomic mass is 9.95. The molecule has 0 spiro atoms. The minimum absolute atomic E-state index is 0.0315. The number of amides is 2. The van der Waals surface area contributed by atoms with Crippen molar-refractivity contribution in [2.24, 2.45) is 5.92 Å². The molecule has 0 aliphatic heterocycles. The van der Waals surface area contributed by atoms with E-state index in [1.807, 2.05) is 0 Å². The zero-order valence-electron chi connectivity index (χ0n) is 28.7. The van der Waals surface area contributed by atoms with Gasteiger partial charge in [0.05, 0.1) is 35.0 Å². The van der Waals surface area contributed by atoms with E-state index in [2.05, 4.69) is 5.32 Å². The molecule has 0 bridgehead atoms. The number of esters is 3. The predicted octanol–water partition coefficient (Wildman–Crippen LogP) is 3.84. The van der Waals surface area contributed by atoms with Crippen LogP contribution in [-0.2, 0) is 51.1 Å². The van der Waals surface area contributed by atoms with Gasteiger partial charge in [-0.1, -0.05) is 30.3 Å². The highest BCUT2D eigenvalue weighted by atomic mass is 16.6. The van der Waals surface area contributed by atoms with Crippen LogP contribution >= 0.6 is 0 Å². The van der Waals surface area contributed by atoms with E-state index in [-0.39, 0.29) is 13.0 Å². The molecule has 3 unspecified atom stereocenters. The van der Waals surface area contributed by atoms with Crippen LogP contribution in [0.4, 0.5) is 4.79 Å². The Morgan fingerprint density at radius 3 is 1.85 bits per heavy atom. The van der Waals surface area contributed by atoms with Crippen molar-refractivity contribution in [2.75, 3.05) is 28.4 Å². The molecule has 3 atom stereocenters. The fourth-order valence-electron chi connectivity index (χ4n) is 4.56. The Kier molecular flexibility index (Phi) is 13.6. The molecule has 2 amide bonds. The maximum Gasteiger partial charge on any atom is 0.408 e. The van der Waals surface area contributed by atoms with Gasteiger partial charge in [0.15, 0.2) is 12.0 Å². The number of hydrogen-bond donors (Lipinski definition) is 1. The molecule has 2 aromatic carbocycles. The Morgan fingerprint density at radius 1 is 0.745 bits per heavy atom. The highest BCUT2D eigenvalue weighted by molar-refractivity contribution is 6.04. The fraction of sp³-hybridized carbons (Fsp3) is 0.500. The maximum absolute atomic E-state index is 14.8. The summed E-state index contributed by atoms with van der Waals surface area (Å²) < 4.78 is 31.8. The summed E-state index contributed by atoms with van der Waals surface area (Å²) in [7, 11) is 4.96. The SMILES string of the molecule is COC(=O)C(NC(=O)OC(C)(C)C)C(C(=O)OC)C(=O)N(Cc1ccc(OC)cc1OC)C(Cc1ccccc1)C(=O)OC(C)(C)C. The monoisotopic (exact) mass is 658 g/mol. The molecular formula is C34H46N2O11. The first-order valence-corrected chi connectivity index (χ1v) is 14.9. The summed E-state index contributed by atoms with van der Waals surface area (Å²) in [6.45, 7) is 9.54. The number of methoxy groups -OCH3 is 4. The Balaban J connectivity index is 2.83. The van der Waals surface area contributed by atoms with Gasteiger partial charge < -0.3 is 38.6 Å². The van der Waals surface area contributed by atoms with Crippen LogP contribution in [0.3, 0.4) is 0 Å². The first kappa shape index (κ1) is 38.4. The molecule has 0 saturated heterocycles. The number of carbonyl (C=O) groups is 5. The number of nitrogens with zero attached hydrogens (tertiary/aromatic N) is 1. The van der Waals surface area contributed by atoms with Crippen molar-refractivity contribution >= 4 is 29.9 Å². The van der Waals surface area contributed by atoms with Crippen molar-refractivity contribution < 1.29 is 52.4 Å². The molecule has 13 nitrogen and oxygen atoms in total. The van der Waals surface area contributed by atoms with Crippen LogP contribution in [0, 0.1) is 5.92 Å². The van der Waals surface area contributed by atoms with Gasteiger partial charge in [-0.15, -0.1) is 0 Å². The summed E-state index contributed by atoms with van der Waals surface area (Å²) in [5.74, 6) is -5.33. The third-order valence-electron chi connectivity index (χ3n) is 6.63. The summed E-state index contributed by atoms with van der Waals surface area (Å²) in [6.07, 6.45) is -1.12. The van der Waals surface area contributed by atoms with Gasteiger partial charge in [0.2, 0.25) is 5.91 Å². The molecule has 2 rings (SSSR count). The van der Waals surface area contributed by atoms with E-state index >= 15 is 0 Å².